The first-order chi connectivity index (χ1) is 10.9. The van der Waals surface area contributed by atoms with Crippen molar-refractivity contribution in [3.8, 4) is 0 Å². The van der Waals surface area contributed by atoms with Crippen molar-refractivity contribution in [2.45, 2.75) is 38.8 Å². The summed E-state index contributed by atoms with van der Waals surface area (Å²) >= 11 is 0. The lowest BCUT2D eigenvalue weighted by Crippen LogP contribution is -2.46. The Bertz CT molecular complexity index is 636. The van der Waals surface area contributed by atoms with Gasteiger partial charge in [-0.05, 0) is 16.5 Å². The van der Waals surface area contributed by atoms with Crippen LogP contribution in [-0.2, 0) is 19.0 Å². The fraction of sp³-hybridized carbons (Fsp3) is 0.526. The van der Waals surface area contributed by atoms with Gasteiger partial charge in [0.15, 0.2) is 0 Å². The topological polar surface area (TPSA) is 33.1 Å². The number of hydrogen-bond donors (Lipinski definition) is 1. The molecular formula is C19H28N4. The van der Waals surface area contributed by atoms with E-state index in [-0.39, 0.29) is 5.41 Å². The minimum Gasteiger partial charge on any atom is -0.337 e. The van der Waals surface area contributed by atoms with E-state index < -0.39 is 0 Å². The Morgan fingerprint density at radius 2 is 1.96 bits per heavy atom. The molecule has 23 heavy (non-hydrogen) atoms. The van der Waals surface area contributed by atoms with E-state index in [0.29, 0.717) is 6.04 Å². The molecule has 1 fully saturated rings. The molecule has 1 aromatic heterocycles. The van der Waals surface area contributed by atoms with Crippen molar-refractivity contribution in [1.29, 1.82) is 0 Å². The van der Waals surface area contributed by atoms with Crippen molar-refractivity contribution in [3.63, 3.8) is 0 Å². The number of benzene rings is 1. The highest BCUT2D eigenvalue weighted by molar-refractivity contribution is 5.27. The smallest absolute Gasteiger partial charge is 0.127 e. The van der Waals surface area contributed by atoms with Crippen molar-refractivity contribution in [2.75, 3.05) is 19.6 Å². The summed E-state index contributed by atoms with van der Waals surface area (Å²) in [5.41, 5.74) is 2.98. The fourth-order valence-corrected chi connectivity index (χ4v) is 3.23. The van der Waals surface area contributed by atoms with Crippen LogP contribution in [0.1, 0.15) is 43.8 Å². The Hall–Kier alpha value is -1.65. The zero-order valence-corrected chi connectivity index (χ0v) is 14.7. The Labute approximate surface area is 139 Å². The zero-order chi connectivity index (χ0) is 16.4. The zero-order valence-electron chi connectivity index (χ0n) is 14.7. The average molecular weight is 312 g/mol. The Morgan fingerprint density at radius 1 is 1.22 bits per heavy atom. The molecule has 1 N–H and O–H groups in total. The van der Waals surface area contributed by atoms with E-state index in [1.165, 1.54) is 11.1 Å². The van der Waals surface area contributed by atoms with Crippen LogP contribution in [0.2, 0.25) is 0 Å². The lowest BCUT2D eigenvalue weighted by Gasteiger charge is -2.35. The van der Waals surface area contributed by atoms with Crippen molar-refractivity contribution in [3.05, 3.63) is 53.6 Å². The summed E-state index contributed by atoms with van der Waals surface area (Å²) in [6, 6.07) is 9.43. The summed E-state index contributed by atoms with van der Waals surface area (Å²) in [7, 11) is 2.08. The van der Waals surface area contributed by atoms with E-state index in [2.05, 4.69) is 71.9 Å². The SMILES string of the molecule is Cn1ccnc1C1CNCCN1Cc1ccc(C(C)(C)C)cc1. The van der Waals surface area contributed by atoms with E-state index >= 15 is 0 Å². The van der Waals surface area contributed by atoms with Gasteiger partial charge in [-0.1, -0.05) is 45.0 Å². The number of aryl methyl sites for hydroxylation is 1. The monoisotopic (exact) mass is 312 g/mol. The van der Waals surface area contributed by atoms with Gasteiger partial charge < -0.3 is 9.88 Å². The third-order valence-corrected chi connectivity index (χ3v) is 4.72. The first-order valence-electron chi connectivity index (χ1n) is 8.46. The van der Waals surface area contributed by atoms with Gasteiger partial charge in [0, 0.05) is 45.6 Å². The standard InChI is InChI=1S/C19H28N4/c1-19(2,3)16-7-5-15(6-8-16)14-23-12-9-20-13-17(23)18-21-10-11-22(18)4/h5-8,10-11,17,20H,9,12-14H2,1-4H3. The molecule has 1 saturated heterocycles. The summed E-state index contributed by atoms with van der Waals surface area (Å²) in [6.45, 7) is 10.8. The third kappa shape index (κ3) is 3.65. The number of rotatable bonds is 3. The maximum absolute atomic E-state index is 4.56. The van der Waals surface area contributed by atoms with E-state index in [9.17, 15) is 0 Å². The van der Waals surface area contributed by atoms with E-state index in [0.717, 1.165) is 32.0 Å². The molecule has 2 aromatic rings. The van der Waals surface area contributed by atoms with Crippen LogP contribution in [0.15, 0.2) is 36.7 Å². The van der Waals surface area contributed by atoms with Gasteiger partial charge in [-0.2, -0.15) is 0 Å². The molecule has 0 spiro atoms. The highest BCUT2D eigenvalue weighted by atomic mass is 15.3. The normalized spacial score (nSPS) is 19.9. The molecule has 1 aliphatic rings. The van der Waals surface area contributed by atoms with Gasteiger partial charge in [0.05, 0.1) is 6.04 Å². The Kier molecular flexibility index (Phi) is 4.55. The Morgan fingerprint density at radius 3 is 2.57 bits per heavy atom. The second kappa shape index (κ2) is 6.46. The van der Waals surface area contributed by atoms with Crippen LogP contribution in [0.3, 0.4) is 0 Å². The van der Waals surface area contributed by atoms with Crippen LogP contribution < -0.4 is 5.32 Å². The lowest BCUT2D eigenvalue weighted by atomic mass is 9.86. The lowest BCUT2D eigenvalue weighted by molar-refractivity contribution is 0.144. The molecule has 2 heterocycles. The molecular weight excluding hydrogens is 284 g/mol. The van der Waals surface area contributed by atoms with Gasteiger partial charge in [-0.15, -0.1) is 0 Å². The fourth-order valence-electron chi connectivity index (χ4n) is 3.23. The van der Waals surface area contributed by atoms with Gasteiger partial charge in [-0.3, -0.25) is 4.90 Å². The maximum Gasteiger partial charge on any atom is 0.127 e. The maximum atomic E-state index is 4.56. The number of hydrogen-bond acceptors (Lipinski definition) is 3. The molecule has 0 aliphatic carbocycles. The largest absolute Gasteiger partial charge is 0.337 e. The van der Waals surface area contributed by atoms with Crippen molar-refractivity contribution in [2.24, 2.45) is 7.05 Å². The van der Waals surface area contributed by atoms with Crippen LogP contribution in [0.5, 0.6) is 0 Å². The predicted molar refractivity (Wildman–Crippen MR) is 94.4 cm³/mol. The van der Waals surface area contributed by atoms with Gasteiger partial charge in [-0.25, -0.2) is 4.98 Å². The van der Waals surface area contributed by atoms with Crippen LogP contribution in [0.4, 0.5) is 0 Å². The molecule has 124 valence electrons. The van der Waals surface area contributed by atoms with Crippen molar-refractivity contribution in [1.82, 2.24) is 19.8 Å². The minimum absolute atomic E-state index is 0.211. The van der Waals surface area contributed by atoms with Gasteiger partial charge >= 0.3 is 0 Å². The molecule has 4 heteroatoms. The molecule has 0 bridgehead atoms. The van der Waals surface area contributed by atoms with Crippen molar-refractivity contribution < 1.29 is 0 Å². The summed E-state index contributed by atoms with van der Waals surface area (Å²) in [5.74, 6) is 1.14. The van der Waals surface area contributed by atoms with E-state index in [4.69, 9.17) is 0 Å². The number of piperazine rings is 1. The highest BCUT2D eigenvalue weighted by Crippen LogP contribution is 2.25. The quantitative estimate of drug-likeness (QED) is 0.946. The van der Waals surface area contributed by atoms with Crippen molar-refractivity contribution >= 4 is 0 Å². The molecule has 0 radical (unpaired) electrons. The summed E-state index contributed by atoms with van der Waals surface area (Å²) < 4.78 is 2.13. The molecule has 3 rings (SSSR count). The van der Waals surface area contributed by atoms with Gasteiger partial charge in [0.25, 0.3) is 0 Å². The molecule has 1 aromatic carbocycles. The van der Waals surface area contributed by atoms with Crippen LogP contribution in [0, 0.1) is 0 Å². The minimum atomic E-state index is 0.211. The second-order valence-corrected chi connectivity index (χ2v) is 7.53. The van der Waals surface area contributed by atoms with E-state index in [1.807, 2.05) is 12.4 Å². The molecule has 0 saturated carbocycles. The molecule has 0 amide bonds. The average Bonchev–Trinajstić information content (AvgIpc) is 2.93. The molecule has 1 aliphatic heterocycles. The second-order valence-electron chi connectivity index (χ2n) is 7.53. The number of imidazole rings is 1. The predicted octanol–water partition coefficient (Wildman–Crippen LogP) is 2.86. The van der Waals surface area contributed by atoms with Gasteiger partial charge in [0.1, 0.15) is 5.82 Å². The van der Waals surface area contributed by atoms with Crippen LogP contribution >= 0.6 is 0 Å². The summed E-state index contributed by atoms with van der Waals surface area (Å²) in [6.07, 6.45) is 3.92. The first-order valence-corrected chi connectivity index (χ1v) is 8.46. The van der Waals surface area contributed by atoms with Crippen LogP contribution in [0.25, 0.3) is 0 Å². The van der Waals surface area contributed by atoms with Gasteiger partial charge in [0.2, 0.25) is 0 Å². The third-order valence-electron chi connectivity index (χ3n) is 4.72. The molecule has 1 unspecified atom stereocenters. The molecule has 4 nitrogen and oxygen atoms in total. The molecule has 1 atom stereocenters. The summed E-state index contributed by atoms with van der Waals surface area (Å²) in [4.78, 5) is 7.09. The number of nitrogens with zero attached hydrogens (tertiary/aromatic N) is 3. The van der Waals surface area contributed by atoms with Crippen LogP contribution in [-0.4, -0.2) is 34.1 Å². The highest BCUT2D eigenvalue weighted by Gasteiger charge is 2.26. The number of aromatic nitrogens is 2. The first kappa shape index (κ1) is 16.2. The number of nitrogens with one attached hydrogen (secondary N) is 1. The Balaban J connectivity index is 1.76. The van der Waals surface area contributed by atoms with E-state index in [1.54, 1.807) is 0 Å². The summed E-state index contributed by atoms with van der Waals surface area (Å²) in [5, 5.41) is 3.50.